The van der Waals surface area contributed by atoms with Gasteiger partial charge >= 0.3 is 5.97 Å². The summed E-state index contributed by atoms with van der Waals surface area (Å²) in [6.07, 6.45) is 4.18. The van der Waals surface area contributed by atoms with E-state index < -0.39 is 5.97 Å². The van der Waals surface area contributed by atoms with E-state index >= 15 is 0 Å². The monoisotopic (exact) mass is 409 g/mol. The minimum absolute atomic E-state index is 0.131. The van der Waals surface area contributed by atoms with E-state index in [-0.39, 0.29) is 23.1 Å². The Bertz CT molecular complexity index is 937. The highest BCUT2D eigenvalue weighted by Crippen LogP contribution is 2.36. The topological polar surface area (TPSA) is 131 Å². The fourth-order valence-electron chi connectivity index (χ4n) is 3.73. The average molecular weight is 409 g/mol. The van der Waals surface area contributed by atoms with Crippen LogP contribution in [0.25, 0.3) is 0 Å². The van der Waals surface area contributed by atoms with Crippen LogP contribution in [0.5, 0.6) is 0 Å². The second kappa shape index (κ2) is 9.09. The van der Waals surface area contributed by atoms with Crippen molar-refractivity contribution in [2.45, 2.75) is 51.7 Å². The van der Waals surface area contributed by atoms with Crippen LogP contribution in [0.1, 0.15) is 54.6 Å². The number of hydrogen-bond donors (Lipinski definition) is 4. The Morgan fingerprint density at radius 2 is 2.03 bits per heavy atom. The van der Waals surface area contributed by atoms with Crippen LogP contribution in [0.4, 0.5) is 11.8 Å². The second-order valence-corrected chi connectivity index (χ2v) is 8.37. The molecule has 30 heavy (non-hydrogen) atoms. The molecule has 8 heteroatoms. The summed E-state index contributed by atoms with van der Waals surface area (Å²) < 4.78 is 0. The number of nitrogens with one attached hydrogen (secondary N) is 2. The predicted octanol–water partition coefficient (Wildman–Crippen LogP) is 3.05. The molecule has 1 aromatic heterocycles. The summed E-state index contributed by atoms with van der Waals surface area (Å²) in [5, 5.41) is 35.0. The molecule has 0 aliphatic heterocycles. The third kappa shape index (κ3) is 5.24. The Morgan fingerprint density at radius 1 is 1.30 bits per heavy atom. The molecule has 0 unspecified atom stereocenters. The van der Waals surface area contributed by atoms with Crippen molar-refractivity contribution in [1.82, 2.24) is 9.97 Å². The molecule has 1 heterocycles. The molecular weight excluding hydrogens is 382 g/mol. The lowest BCUT2D eigenvalue weighted by molar-refractivity contribution is 0.00926. The molecule has 1 aromatic carbocycles. The zero-order chi connectivity index (χ0) is 21.7. The molecule has 8 nitrogen and oxygen atoms in total. The number of aliphatic hydroxyl groups is 1. The van der Waals surface area contributed by atoms with E-state index in [2.05, 4.69) is 26.7 Å². The normalized spacial score (nSPS) is 20.2. The number of aliphatic hydroxyl groups excluding tert-OH is 1. The van der Waals surface area contributed by atoms with Crippen LogP contribution in [0.15, 0.2) is 30.5 Å². The van der Waals surface area contributed by atoms with Crippen LogP contribution in [0.2, 0.25) is 0 Å². The smallest absolute Gasteiger partial charge is 0.335 e. The lowest BCUT2D eigenvalue weighted by Crippen LogP contribution is -2.41. The van der Waals surface area contributed by atoms with E-state index in [1.165, 1.54) is 6.20 Å². The first-order valence-corrected chi connectivity index (χ1v) is 10.1. The molecule has 2 atom stereocenters. The maximum absolute atomic E-state index is 10.9. The molecule has 0 saturated heterocycles. The highest BCUT2D eigenvalue weighted by molar-refractivity contribution is 5.87. The van der Waals surface area contributed by atoms with Crippen molar-refractivity contribution in [2.75, 3.05) is 17.2 Å². The summed E-state index contributed by atoms with van der Waals surface area (Å²) in [6.45, 7) is 4.67. The first-order chi connectivity index (χ1) is 14.3. The van der Waals surface area contributed by atoms with Gasteiger partial charge in [-0.05, 0) is 48.8 Å². The van der Waals surface area contributed by atoms with Gasteiger partial charge in [-0.2, -0.15) is 10.2 Å². The van der Waals surface area contributed by atoms with Gasteiger partial charge in [-0.3, -0.25) is 0 Å². The largest absolute Gasteiger partial charge is 0.478 e. The van der Waals surface area contributed by atoms with Gasteiger partial charge < -0.3 is 20.8 Å². The van der Waals surface area contributed by atoms with Crippen molar-refractivity contribution in [3.8, 4) is 6.07 Å². The molecule has 0 amide bonds. The third-order valence-corrected chi connectivity index (χ3v) is 5.61. The summed E-state index contributed by atoms with van der Waals surface area (Å²) in [7, 11) is 0. The first kappa shape index (κ1) is 21.5. The van der Waals surface area contributed by atoms with Crippen LogP contribution in [0.3, 0.4) is 0 Å². The van der Waals surface area contributed by atoms with E-state index in [0.717, 1.165) is 18.4 Å². The van der Waals surface area contributed by atoms with Gasteiger partial charge in [0.15, 0.2) is 0 Å². The lowest BCUT2D eigenvalue weighted by atomic mass is 9.73. The molecule has 0 spiro atoms. The highest BCUT2D eigenvalue weighted by atomic mass is 16.4. The Labute approximate surface area is 176 Å². The van der Waals surface area contributed by atoms with Crippen molar-refractivity contribution in [3.63, 3.8) is 0 Å². The lowest BCUT2D eigenvalue weighted by Gasteiger charge is -2.40. The Kier molecular flexibility index (Phi) is 6.53. The zero-order valence-corrected chi connectivity index (χ0v) is 17.2. The average Bonchev–Trinajstić information content (AvgIpc) is 2.71. The number of nitrogens with zero attached hydrogens (tertiary/aromatic N) is 3. The number of benzene rings is 1. The van der Waals surface area contributed by atoms with Gasteiger partial charge in [-0.1, -0.05) is 26.0 Å². The summed E-state index contributed by atoms with van der Waals surface area (Å²) in [5.74, 6) is -0.0201. The van der Waals surface area contributed by atoms with E-state index in [1.54, 1.807) is 24.3 Å². The molecule has 0 radical (unpaired) electrons. The second-order valence-electron chi connectivity index (χ2n) is 8.37. The van der Waals surface area contributed by atoms with Crippen LogP contribution in [0, 0.1) is 16.7 Å². The van der Waals surface area contributed by atoms with E-state index in [4.69, 9.17) is 5.11 Å². The number of nitriles is 1. The summed E-state index contributed by atoms with van der Waals surface area (Å²) >= 11 is 0. The van der Waals surface area contributed by atoms with Gasteiger partial charge in [-0.15, -0.1) is 0 Å². The molecule has 0 bridgehead atoms. The Balaban J connectivity index is 1.61. The van der Waals surface area contributed by atoms with Gasteiger partial charge in [-0.25, -0.2) is 9.78 Å². The molecule has 1 fully saturated rings. The number of carbonyl (C=O) groups is 1. The predicted molar refractivity (Wildman–Crippen MR) is 113 cm³/mol. The number of hydrogen-bond acceptors (Lipinski definition) is 7. The molecule has 4 N–H and O–H groups in total. The van der Waals surface area contributed by atoms with Crippen molar-refractivity contribution in [2.24, 2.45) is 5.41 Å². The van der Waals surface area contributed by atoms with E-state index in [1.807, 2.05) is 13.8 Å². The maximum atomic E-state index is 10.9. The van der Waals surface area contributed by atoms with E-state index in [0.29, 0.717) is 36.7 Å². The fourth-order valence-corrected chi connectivity index (χ4v) is 3.73. The molecule has 1 aliphatic carbocycles. The van der Waals surface area contributed by atoms with Gasteiger partial charge in [0.1, 0.15) is 17.5 Å². The zero-order valence-electron chi connectivity index (χ0n) is 17.2. The van der Waals surface area contributed by atoms with Gasteiger partial charge in [0, 0.05) is 12.6 Å². The number of anilines is 2. The van der Waals surface area contributed by atoms with Crippen molar-refractivity contribution in [1.29, 1.82) is 5.26 Å². The number of carboxylic acid groups (broad SMARTS) is 1. The number of carboxylic acids is 1. The van der Waals surface area contributed by atoms with Crippen LogP contribution >= 0.6 is 0 Å². The number of aromatic carboxylic acids is 1. The molecule has 1 saturated carbocycles. The Morgan fingerprint density at radius 3 is 2.67 bits per heavy atom. The minimum Gasteiger partial charge on any atom is -0.478 e. The number of aromatic nitrogens is 2. The van der Waals surface area contributed by atoms with Gasteiger partial charge in [0.05, 0.1) is 17.9 Å². The minimum atomic E-state index is -0.943. The first-order valence-electron chi connectivity index (χ1n) is 10.1. The van der Waals surface area contributed by atoms with E-state index in [9.17, 15) is 15.2 Å². The standard InChI is InChI=1S/C22H27N5O3/c1-22(2)11-17(7-8-18(22)28)26-19-16(12-23)13-25-21(27-19)24-10-9-14-3-5-15(6-4-14)20(29)30/h3-6,13,17-18,28H,7-11H2,1-2H3,(H,29,30)(H2,24,25,26,27)/t17-,18+/m1/s1. The van der Waals surface area contributed by atoms with Crippen molar-refractivity contribution in [3.05, 3.63) is 47.2 Å². The van der Waals surface area contributed by atoms with Gasteiger partial charge in [0.2, 0.25) is 5.95 Å². The quantitative estimate of drug-likeness (QED) is 0.549. The summed E-state index contributed by atoms with van der Waals surface area (Å²) in [4.78, 5) is 19.6. The maximum Gasteiger partial charge on any atom is 0.335 e. The third-order valence-electron chi connectivity index (χ3n) is 5.61. The highest BCUT2D eigenvalue weighted by Gasteiger charge is 2.35. The molecule has 158 valence electrons. The van der Waals surface area contributed by atoms with Crippen LogP contribution in [-0.2, 0) is 6.42 Å². The van der Waals surface area contributed by atoms with Crippen LogP contribution in [-0.4, -0.2) is 44.8 Å². The molecule has 3 rings (SSSR count). The molecule has 2 aromatic rings. The van der Waals surface area contributed by atoms with Crippen molar-refractivity contribution >= 4 is 17.7 Å². The van der Waals surface area contributed by atoms with Crippen LogP contribution < -0.4 is 10.6 Å². The number of rotatable bonds is 7. The molecule has 1 aliphatic rings. The van der Waals surface area contributed by atoms with Gasteiger partial charge in [0.25, 0.3) is 0 Å². The Hall–Kier alpha value is -3.18. The summed E-state index contributed by atoms with van der Waals surface area (Å²) in [6, 6.07) is 9.00. The molecular formula is C22H27N5O3. The fraction of sp³-hybridized carbons (Fsp3) is 0.455. The summed E-state index contributed by atoms with van der Waals surface area (Å²) in [5.41, 5.74) is 1.46. The SMILES string of the molecule is CC1(C)C[C@H](Nc2nc(NCCc3ccc(C(=O)O)cc3)ncc2C#N)CC[C@@H]1O. The van der Waals surface area contributed by atoms with Crippen molar-refractivity contribution < 1.29 is 15.0 Å².